The first kappa shape index (κ1) is 15.3. The van der Waals surface area contributed by atoms with Crippen molar-refractivity contribution < 1.29 is 4.74 Å². The van der Waals surface area contributed by atoms with E-state index in [0.717, 1.165) is 31.9 Å². The Morgan fingerprint density at radius 3 is 2.63 bits per heavy atom. The van der Waals surface area contributed by atoms with Gasteiger partial charge in [0.1, 0.15) is 0 Å². The highest BCUT2D eigenvalue weighted by Crippen LogP contribution is 2.40. The molecule has 0 aromatic carbocycles. The lowest BCUT2D eigenvalue weighted by Gasteiger charge is -2.53. The van der Waals surface area contributed by atoms with Crippen LogP contribution in [-0.4, -0.2) is 42.8 Å². The van der Waals surface area contributed by atoms with Crippen LogP contribution in [0.5, 0.6) is 0 Å². The number of hydrogen-bond acceptors (Lipinski definition) is 3. The topological polar surface area (TPSA) is 38.5 Å². The molecule has 19 heavy (non-hydrogen) atoms. The Balaban J connectivity index is 1.86. The van der Waals surface area contributed by atoms with Gasteiger partial charge in [-0.3, -0.25) is 4.90 Å². The summed E-state index contributed by atoms with van der Waals surface area (Å²) in [7, 11) is 0. The van der Waals surface area contributed by atoms with Crippen molar-refractivity contribution in [2.75, 3.05) is 26.2 Å². The van der Waals surface area contributed by atoms with Crippen LogP contribution < -0.4 is 5.73 Å². The van der Waals surface area contributed by atoms with Gasteiger partial charge in [-0.05, 0) is 58.0 Å². The molecule has 112 valence electrons. The Labute approximate surface area is 118 Å². The van der Waals surface area contributed by atoms with Crippen LogP contribution in [0, 0.1) is 5.92 Å². The van der Waals surface area contributed by atoms with E-state index in [2.05, 4.69) is 18.7 Å². The summed E-state index contributed by atoms with van der Waals surface area (Å²) in [5.74, 6) is 0.951. The Morgan fingerprint density at radius 1 is 1.21 bits per heavy atom. The maximum Gasteiger partial charge on any atom is 0.0611 e. The zero-order valence-corrected chi connectivity index (χ0v) is 12.9. The van der Waals surface area contributed by atoms with Crippen molar-refractivity contribution in [1.29, 1.82) is 0 Å². The van der Waals surface area contributed by atoms with Crippen molar-refractivity contribution in [2.24, 2.45) is 11.7 Å². The monoisotopic (exact) mass is 268 g/mol. The zero-order valence-electron chi connectivity index (χ0n) is 12.9. The quantitative estimate of drug-likeness (QED) is 0.805. The second kappa shape index (κ2) is 7.05. The molecule has 1 aliphatic heterocycles. The van der Waals surface area contributed by atoms with E-state index in [4.69, 9.17) is 10.5 Å². The van der Waals surface area contributed by atoms with Crippen LogP contribution in [0.1, 0.15) is 58.8 Å². The maximum atomic E-state index is 6.11. The molecule has 0 radical (unpaired) electrons. The summed E-state index contributed by atoms with van der Waals surface area (Å²) in [4.78, 5) is 2.69. The Bertz CT molecular complexity index is 263. The minimum absolute atomic E-state index is 0.265. The minimum atomic E-state index is 0.265. The van der Waals surface area contributed by atoms with E-state index < -0.39 is 0 Å². The molecule has 2 N–H and O–H groups in total. The molecule has 3 nitrogen and oxygen atoms in total. The summed E-state index contributed by atoms with van der Waals surface area (Å²) in [5.41, 5.74) is 6.37. The molecule has 1 heterocycles. The average molecular weight is 268 g/mol. The maximum absolute atomic E-state index is 6.11. The van der Waals surface area contributed by atoms with Gasteiger partial charge in [-0.15, -0.1) is 0 Å². The molecule has 1 aliphatic carbocycles. The van der Waals surface area contributed by atoms with Gasteiger partial charge in [-0.2, -0.15) is 0 Å². The first-order valence-corrected chi connectivity index (χ1v) is 8.30. The van der Waals surface area contributed by atoms with E-state index >= 15 is 0 Å². The van der Waals surface area contributed by atoms with E-state index in [1.807, 2.05) is 0 Å². The van der Waals surface area contributed by atoms with Gasteiger partial charge in [0.2, 0.25) is 0 Å². The van der Waals surface area contributed by atoms with Gasteiger partial charge in [0.05, 0.1) is 6.10 Å². The Morgan fingerprint density at radius 2 is 2.00 bits per heavy atom. The van der Waals surface area contributed by atoms with E-state index in [0.29, 0.717) is 6.10 Å². The highest BCUT2D eigenvalue weighted by molar-refractivity contribution is 5.05. The Hall–Kier alpha value is -0.120. The fourth-order valence-corrected chi connectivity index (χ4v) is 4.03. The van der Waals surface area contributed by atoms with Crippen LogP contribution in [0.25, 0.3) is 0 Å². The molecule has 0 aromatic rings. The molecule has 0 amide bonds. The fraction of sp³-hybridized carbons (Fsp3) is 1.00. The van der Waals surface area contributed by atoms with Crippen molar-refractivity contribution in [3.05, 3.63) is 0 Å². The van der Waals surface area contributed by atoms with Crippen LogP contribution >= 0.6 is 0 Å². The molecule has 3 heteroatoms. The van der Waals surface area contributed by atoms with Crippen molar-refractivity contribution in [1.82, 2.24) is 4.90 Å². The molecule has 2 fully saturated rings. The minimum Gasteiger partial charge on any atom is -0.378 e. The van der Waals surface area contributed by atoms with E-state index in [-0.39, 0.29) is 5.54 Å². The van der Waals surface area contributed by atoms with Gasteiger partial charge in [-0.25, -0.2) is 0 Å². The van der Waals surface area contributed by atoms with Gasteiger partial charge in [0, 0.05) is 18.7 Å². The van der Waals surface area contributed by atoms with Gasteiger partial charge in [0.15, 0.2) is 0 Å². The number of rotatable bonds is 6. The molecular formula is C16H32N2O. The lowest BCUT2D eigenvalue weighted by molar-refractivity contribution is -0.0993. The molecule has 1 unspecified atom stereocenters. The largest absolute Gasteiger partial charge is 0.378 e. The molecule has 0 bridgehead atoms. The highest BCUT2D eigenvalue weighted by Gasteiger charge is 2.48. The number of ether oxygens (including phenoxy) is 1. The average Bonchev–Trinajstić information content (AvgIpc) is 2.60. The van der Waals surface area contributed by atoms with E-state index in [1.165, 1.54) is 45.2 Å². The SMILES string of the molecule is CCCC1CCCN(C2(CN)CC(OCC)C2)CC1. The summed E-state index contributed by atoms with van der Waals surface area (Å²) in [6.45, 7) is 8.53. The van der Waals surface area contributed by atoms with Crippen LogP contribution in [-0.2, 0) is 4.74 Å². The van der Waals surface area contributed by atoms with Crippen LogP contribution in [0.2, 0.25) is 0 Å². The third-order valence-corrected chi connectivity index (χ3v) is 5.21. The highest BCUT2D eigenvalue weighted by atomic mass is 16.5. The summed E-state index contributed by atoms with van der Waals surface area (Å²) in [6.07, 6.45) is 9.64. The molecule has 1 saturated heterocycles. The molecular weight excluding hydrogens is 236 g/mol. The third-order valence-electron chi connectivity index (χ3n) is 5.21. The third kappa shape index (κ3) is 3.50. The van der Waals surface area contributed by atoms with Crippen molar-refractivity contribution in [3.8, 4) is 0 Å². The Kier molecular flexibility index (Phi) is 5.67. The number of nitrogens with two attached hydrogens (primary N) is 1. The van der Waals surface area contributed by atoms with Crippen molar-refractivity contribution in [3.63, 3.8) is 0 Å². The molecule has 1 saturated carbocycles. The number of nitrogens with zero attached hydrogens (tertiary/aromatic N) is 1. The molecule has 1 atom stereocenters. The van der Waals surface area contributed by atoms with Crippen molar-refractivity contribution >= 4 is 0 Å². The standard InChI is InChI=1S/C16H32N2O/c1-3-6-14-7-5-9-18(10-8-14)16(13-17)11-15(12-16)19-4-2/h14-15H,3-13,17H2,1-2H3. The normalized spacial score (nSPS) is 36.8. The second-order valence-corrected chi connectivity index (χ2v) is 6.49. The van der Waals surface area contributed by atoms with Crippen molar-refractivity contribution in [2.45, 2.75) is 70.4 Å². The van der Waals surface area contributed by atoms with Gasteiger partial charge in [0.25, 0.3) is 0 Å². The van der Waals surface area contributed by atoms with Crippen LogP contribution in [0.3, 0.4) is 0 Å². The molecule has 2 aliphatic rings. The van der Waals surface area contributed by atoms with E-state index in [1.54, 1.807) is 0 Å². The fourth-order valence-electron chi connectivity index (χ4n) is 4.03. The predicted molar refractivity (Wildman–Crippen MR) is 80.3 cm³/mol. The second-order valence-electron chi connectivity index (χ2n) is 6.49. The number of hydrogen-bond donors (Lipinski definition) is 1. The molecule has 0 spiro atoms. The summed E-state index contributed by atoms with van der Waals surface area (Å²) < 4.78 is 5.73. The summed E-state index contributed by atoms with van der Waals surface area (Å²) in [6, 6.07) is 0. The molecule has 2 rings (SSSR count). The first-order valence-electron chi connectivity index (χ1n) is 8.30. The lowest BCUT2D eigenvalue weighted by atomic mass is 9.72. The van der Waals surface area contributed by atoms with Gasteiger partial charge in [-0.1, -0.05) is 19.8 Å². The van der Waals surface area contributed by atoms with Crippen LogP contribution in [0.15, 0.2) is 0 Å². The smallest absolute Gasteiger partial charge is 0.0611 e. The van der Waals surface area contributed by atoms with Gasteiger partial charge >= 0.3 is 0 Å². The summed E-state index contributed by atoms with van der Waals surface area (Å²) in [5, 5.41) is 0. The van der Waals surface area contributed by atoms with Crippen LogP contribution in [0.4, 0.5) is 0 Å². The van der Waals surface area contributed by atoms with E-state index in [9.17, 15) is 0 Å². The zero-order chi connectivity index (χ0) is 13.7. The summed E-state index contributed by atoms with van der Waals surface area (Å²) >= 11 is 0. The van der Waals surface area contributed by atoms with Gasteiger partial charge < -0.3 is 10.5 Å². The number of likely N-dealkylation sites (tertiary alicyclic amines) is 1. The molecule has 0 aromatic heterocycles. The first-order chi connectivity index (χ1) is 9.24. The lowest BCUT2D eigenvalue weighted by Crippen LogP contribution is -2.64. The predicted octanol–water partition coefficient (Wildman–Crippen LogP) is 2.79.